The Labute approximate surface area is 313 Å². The topological polar surface area (TPSA) is 183 Å². The van der Waals surface area contributed by atoms with Gasteiger partial charge in [-0.15, -0.1) is 0 Å². The first kappa shape index (κ1) is 41.5. The normalized spacial score (nSPS) is 22.4. The van der Waals surface area contributed by atoms with Crippen molar-refractivity contribution >= 4 is 41.2 Å². The van der Waals surface area contributed by atoms with E-state index in [1.165, 1.54) is 4.90 Å². The summed E-state index contributed by atoms with van der Waals surface area (Å²) in [5.41, 5.74) is -0.287. The fourth-order valence-electron chi connectivity index (χ4n) is 7.96. The maximum atomic E-state index is 14.3. The van der Waals surface area contributed by atoms with Gasteiger partial charge in [-0.1, -0.05) is 111 Å². The fourth-order valence-corrected chi connectivity index (χ4v) is 7.96. The largest absolute Gasteiger partial charge is 0.344 e. The number of hydrogen-bond acceptors (Lipinski definition) is 7. The number of likely N-dealkylation sites (tertiary alicyclic amines) is 1. The summed E-state index contributed by atoms with van der Waals surface area (Å²) in [6, 6.07) is 4.48. The standard InChI is InChI=1S/C40H60N6O7/c1-9-16-27(33(49)36(51)41-21-28(47)44-30(32(48)23(2)3)24-17-12-10-13-18-24)43-35(50)31-29-26(40(29,7)8)22-46(31)37(52)34(39(4,5)6)45-38(53)42-25-19-14-11-15-20-25/h10,12-13,17-18,23,25-27,29-31,34H,9,11,14-16,19-22H2,1-8H3,(H,41,51)(H,43,50)(H,44,47)(H2,42,45,53)/t26?,27?,29?,30?,31?,34-/m1/s1. The number of nitrogens with one attached hydrogen (secondary N) is 5. The van der Waals surface area contributed by atoms with Gasteiger partial charge >= 0.3 is 6.03 Å². The number of carbonyl (C=O) groups excluding carboxylic acids is 7. The minimum Gasteiger partial charge on any atom is -0.344 e. The van der Waals surface area contributed by atoms with Crippen molar-refractivity contribution in [2.24, 2.45) is 28.6 Å². The smallest absolute Gasteiger partial charge is 0.315 e. The maximum absolute atomic E-state index is 14.3. The van der Waals surface area contributed by atoms with Crippen molar-refractivity contribution in [1.82, 2.24) is 31.5 Å². The van der Waals surface area contributed by atoms with Crippen LogP contribution in [0, 0.1) is 28.6 Å². The number of fused-ring (bicyclic) bond motifs is 1. The van der Waals surface area contributed by atoms with Crippen LogP contribution in [-0.2, 0) is 28.8 Å². The van der Waals surface area contributed by atoms with Gasteiger partial charge in [0.1, 0.15) is 18.1 Å². The molecular formula is C40H60N6O7. The first-order valence-corrected chi connectivity index (χ1v) is 19.3. The Balaban J connectivity index is 1.43. The number of rotatable bonds is 15. The highest BCUT2D eigenvalue weighted by Crippen LogP contribution is 2.65. The van der Waals surface area contributed by atoms with Crippen LogP contribution in [0.25, 0.3) is 0 Å². The van der Waals surface area contributed by atoms with Gasteiger partial charge < -0.3 is 31.5 Å². The summed E-state index contributed by atoms with van der Waals surface area (Å²) in [5.74, 6) is -4.19. The third-order valence-corrected chi connectivity index (χ3v) is 11.2. The van der Waals surface area contributed by atoms with Gasteiger partial charge in [0, 0.05) is 18.5 Å². The van der Waals surface area contributed by atoms with Crippen molar-refractivity contribution in [3.8, 4) is 0 Å². The van der Waals surface area contributed by atoms with E-state index in [0.29, 0.717) is 18.5 Å². The lowest BCUT2D eigenvalue weighted by molar-refractivity contribution is -0.145. The first-order valence-electron chi connectivity index (χ1n) is 19.3. The van der Waals surface area contributed by atoms with E-state index >= 15 is 0 Å². The van der Waals surface area contributed by atoms with E-state index in [4.69, 9.17) is 0 Å². The SMILES string of the molecule is CCCC(NC(=O)C1C2C(CN1C(=O)[C@@H](NC(=O)NC1CCCCC1)C(C)(C)C)C2(C)C)C(=O)C(=O)NCC(=O)NC(C(=O)C(C)C)c1ccccc1. The number of amides is 6. The Kier molecular flexibility index (Phi) is 13.5. The molecule has 5 unspecified atom stereocenters. The molecule has 0 aromatic heterocycles. The zero-order valence-corrected chi connectivity index (χ0v) is 32.7. The summed E-state index contributed by atoms with van der Waals surface area (Å²) in [4.78, 5) is 95.4. The Hall–Kier alpha value is -4.29. The van der Waals surface area contributed by atoms with Gasteiger partial charge in [-0.05, 0) is 47.5 Å². The molecule has 3 fully saturated rings. The summed E-state index contributed by atoms with van der Waals surface area (Å²) in [6.07, 6.45) is 5.65. The number of urea groups is 1. The average molecular weight is 737 g/mol. The molecule has 0 spiro atoms. The van der Waals surface area contributed by atoms with Gasteiger partial charge in [0.25, 0.3) is 5.91 Å². The Morgan fingerprint density at radius 1 is 0.906 bits per heavy atom. The lowest BCUT2D eigenvalue weighted by Gasteiger charge is -2.38. The summed E-state index contributed by atoms with van der Waals surface area (Å²) in [7, 11) is 0. The van der Waals surface area contributed by atoms with Crippen molar-refractivity contribution in [2.75, 3.05) is 13.1 Å². The Bertz CT molecular complexity index is 1530. The molecule has 13 nitrogen and oxygen atoms in total. The predicted molar refractivity (Wildman–Crippen MR) is 200 cm³/mol. The minimum atomic E-state index is -1.19. The van der Waals surface area contributed by atoms with Crippen LogP contribution in [0.5, 0.6) is 0 Å². The minimum absolute atomic E-state index is 0.0538. The molecule has 6 amide bonds. The van der Waals surface area contributed by atoms with Gasteiger partial charge in [-0.3, -0.25) is 28.8 Å². The van der Waals surface area contributed by atoms with Gasteiger partial charge in [0.2, 0.25) is 23.5 Å². The monoisotopic (exact) mass is 736 g/mol. The van der Waals surface area contributed by atoms with Crippen molar-refractivity contribution in [1.29, 1.82) is 0 Å². The van der Waals surface area contributed by atoms with E-state index in [2.05, 4.69) is 26.6 Å². The van der Waals surface area contributed by atoms with E-state index in [1.807, 2.05) is 41.5 Å². The summed E-state index contributed by atoms with van der Waals surface area (Å²) < 4.78 is 0. The van der Waals surface area contributed by atoms with Crippen molar-refractivity contribution < 1.29 is 33.6 Å². The van der Waals surface area contributed by atoms with Crippen molar-refractivity contribution in [2.45, 2.75) is 131 Å². The molecular weight excluding hydrogens is 676 g/mol. The van der Waals surface area contributed by atoms with E-state index in [1.54, 1.807) is 44.2 Å². The lowest BCUT2D eigenvalue weighted by Crippen LogP contribution is -2.61. The molecule has 13 heteroatoms. The molecule has 1 saturated heterocycles. The third-order valence-electron chi connectivity index (χ3n) is 11.2. The number of hydrogen-bond donors (Lipinski definition) is 5. The number of Topliss-reactive ketones (excluding diaryl/α,β-unsaturated/α-hetero) is 2. The zero-order valence-electron chi connectivity index (χ0n) is 32.7. The van der Waals surface area contributed by atoms with Crippen molar-refractivity contribution in [3.63, 3.8) is 0 Å². The Morgan fingerprint density at radius 2 is 1.55 bits per heavy atom. The van der Waals surface area contributed by atoms with E-state index in [-0.39, 0.29) is 47.3 Å². The van der Waals surface area contributed by atoms with Crippen LogP contribution in [0.4, 0.5) is 4.79 Å². The molecule has 1 aromatic carbocycles. The highest BCUT2D eigenvalue weighted by Gasteiger charge is 2.70. The fraction of sp³-hybridized carbons (Fsp3) is 0.675. The molecule has 2 saturated carbocycles. The molecule has 2 aliphatic carbocycles. The Morgan fingerprint density at radius 3 is 2.13 bits per heavy atom. The third kappa shape index (κ3) is 10.0. The number of benzene rings is 1. The molecule has 5 N–H and O–H groups in total. The molecule has 3 aliphatic rings. The molecule has 0 radical (unpaired) electrons. The number of carbonyl (C=O) groups is 7. The van der Waals surface area contributed by atoms with Crippen LogP contribution in [0.3, 0.4) is 0 Å². The van der Waals surface area contributed by atoms with E-state index in [9.17, 15) is 33.6 Å². The summed E-state index contributed by atoms with van der Waals surface area (Å²) >= 11 is 0. The van der Waals surface area contributed by atoms with E-state index in [0.717, 1.165) is 32.1 Å². The lowest BCUT2D eigenvalue weighted by atomic mass is 9.85. The second-order valence-electron chi connectivity index (χ2n) is 17.0. The highest BCUT2D eigenvalue weighted by atomic mass is 16.2. The van der Waals surface area contributed by atoms with E-state index < -0.39 is 65.7 Å². The number of piperidine rings is 1. The first-order chi connectivity index (χ1) is 24.9. The molecule has 1 heterocycles. The predicted octanol–water partition coefficient (Wildman–Crippen LogP) is 3.57. The van der Waals surface area contributed by atoms with Gasteiger partial charge in [0.05, 0.1) is 12.6 Å². The molecule has 292 valence electrons. The van der Waals surface area contributed by atoms with Crippen LogP contribution in [-0.4, -0.2) is 83.4 Å². The maximum Gasteiger partial charge on any atom is 0.315 e. The van der Waals surface area contributed by atoms with Crippen molar-refractivity contribution in [3.05, 3.63) is 35.9 Å². The van der Waals surface area contributed by atoms with Gasteiger partial charge in [-0.2, -0.15) is 0 Å². The second-order valence-corrected chi connectivity index (χ2v) is 17.0. The van der Waals surface area contributed by atoms with Crippen LogP contribution in [0.1, 0.15) is 112 Å². The highest BCUT2D eigenvalue weighted by molar-refractivity contribution is 6.38. The van der Waals surface area contributed by atoms with Gasteiger partial charge in [0.15, 0.2) is 5.78 Å². The zero-order chi connectivity index (χ0) is 39.2. The summed E-state index contributed by atoms with van der Waals surface area (Å²) in [5, 5.41) is 13.7. The van der Waals surface area contributed by atoms with Crippen LogP contribution in [0.15, 0.2) is 30.3 Å². The molecule has 1 aromatic rings. The van der Waals surface area contributed by atoms with Gasteiger partial charge in [-0.25, -0.2) is 4.79 Å². The van der Waals surface area contributed by atoms with Crippen LogP contribution < -0.4 is 26.6 Å². The second kappa shape index (κ2) is 17.2. The van der Waals surface area contributed by atoms with Crippen LogP contribution in [0.2, 0.25) is 0 Å². The average Bonchev–Trinajstić information content (AvgIpc) is 3.41. The number of nitrogens with zero attached hydrogens (tertiary/aromatic N) is 1. The molecule has 4 rings (SSSR count). The molecule has 0 bridgehead atoms. The number of ketones is 2. The molecule has 53 heavy (non-hydrogen) atoms. The van der Waals surface area contributed by atoms with Crippen LogP contribution >= 0.6 is 0 Å². The molecule has 1 aliphatic heterocycles. The quantitative estimate of drug-likeness (QED) is 0.171. The summed E-state index contributed by atoms with van der Waals surface area (Å²) in [6.45, 7) is 14.8. The molecule has 6 atom stereocenters.